The van der Waals surface area contributed by atoms with Crippen LogP contribution >= 0.6 is 11.6 Å². The van der Waals surface area contributed by atoms with Gasteiger partial charge in [-0.2, -0.15) is 4.31 Å². The van der Waals surface area contributed by atoms with Crippen LogP contribution in [0.4, 0.5) is 0 Å². The first-order valence-electron chi connectivity index (χ1n) is 9.49. The van der Waals surface area contributed by atoms with E-state index in [1.54, 1.807) is 12.1 Å². The Hall–Kier alpha value is -1.11. The van der Waals surface area contributed by atoms with E-state index in [2.05, 4.69) is 5.32 Å². The van der Waals surface area contributed by atoms with Gasteiger partial charge in [-0.25, -0.2) is 8.42 Å². The molecule has 3 fully saturated rings. The van der Waals surface area contributed by atoms with Gasteiger partial charge in [0.25, 0.3) is 0 Å². The van der Waals surface area contributed by atoms with Gasteiger partial charge in [0.05, 0.1) is 4.90 Å². The minimum Gasteiger partial charge on any atom is -0.353 e. The number of nitrogens with one attached hydrogen (secondary N) is 1. The number of hydrogen-bond donors (Lipinski definition) is 1. The first-order valence-corrected chi connectivity index (χ1v) is 11.3. The van der Waals surface area contributed by atoms with Crippen molar-refractivity contribution >= 4 is 27.5 Å². The highest BCUT2D eigenvalue weighted by Crippen LogP contribution is 2.44. The normalized spacial score (nSPS) is 29.8. The van der Waals surface area contributed by atoms with Crippen LogP contribution in [-0.2, 0) is 14.8 Å². The number of benzene rings is 1. The summed E-state index contributed by atoms with van der Waals surface area (Å²) in [4.78, 5) is 12.9. The molecule has 7 heteroatoms. The Morgan fingerprint density at radius 3 is 2.31 bits per heavy atom. The zero-order valence-corrected chi connectivity index (χ0v) is 16.3. The van der Waals surface area contributed by atoms with Gasteiger partial charge in [-0.3, -0.25) is 4.79 Å². The lowest BCUT2D eigenvalue weighted by Crippen LogP contribution is -2.46. The number of fused-ring (bicyclic) bond motifs is 2. The molecule has 1 aromatic rings. The third-order valence-electron chi connectivity index (χ3n) is 6.34. The Kier molecular flexibility index (Phi) is 5.01. The minimum absolute atomic E-state index is 0.0780. The summed E-state index contributed by atoms with van der Waals surface area (Å²) in [5.74, 6) is 1.50. The summed E-state index contributed by atoms with van der Waals surface area (Å²) in [6, 6.07) is 6.59. The molecule has 1 N–H and O–H groups in total. The molecule has 0 aromatic heterocycles. The van der Waals surface area contributed by atoms with Crippen molar-refractivity contribution in [1.29, 1.82) is 0 Å². The fourth-order valence-electron chi connectivity index (χ4n) is 4.84. The van der Waals surface area contributed by atoms with Crippen LogP contribution in [0.15, 0.2) is 29.2 Å². The molecule has 0 spiro atoms. The van der Waals surface area contributed by atoms with Crippen LogP contribution in [-0.4, -0.2) is 37.8 Å². The summed E-state index contributed by atoms with van der Waals surface area (Å²) in [7, 11) is -3.51. The fraction of sp³-hybridized carbons (Fsp3) is 0.632. The molecule has 1 saturated heterocycles. The Bertz CT molecular complexity index is 772. The van der Waals surface area contributed by atoms with E-state index in [-0.39, 0.29) is 16.7 Å². The Morgan fingerprint density at radius 2 is 1.73 bits per heavy atom. The van der Waals surface area contributed by atoms with Crippen molar-refractivity contribution < 1.29 is 13.2 Å². The molecular formula is C19H25ClN2O3S. The zero-order valence-electron chi connectivity index (χ0n) is 14.7. The van der Waals surface area contributed by atoms with E-state index in [0.717, 1.165) is 12.3 Å². The maximum Gasteiger partial charge on any atom is 0.243 e. The lowest BCUT2D eigenvalue weighted by molar-refractivity contribution is -0.127. The number of rotatable bonds is 4. The summed E-state index contributed by atoms with van der Waals surface area (Å²) in [5.41, 5.74) is 0. The lowest BCUT2D eigenvalue weighted by atomic mass is 9.93. The van der Waals surface area contributed by atoms with Gasteiger partial charge in [0.2, 0.25) is 15.9 Å². The zero-order chi connectivity index (χ0) is 18.3. The highest BCUT2D eigenvalue weighted by atomic mass is 35.5. The number of hydrogen-bond acceptors (Lipinski definition) is 3. The average Bonchev–Trinajstić information content (AvgIpc) is 3.25. The molecule has 2 saturated carbocycles. The van der Waals surface area contributed by atoms with Gasteiger partial charge >= 0.3 is 0 Å². The van der Waals surface area contributed by atoms with E-state index in [9.17, 15) is 13.2 Å². The SMILES string of the molecule is O=C(NC1CC2CCC1C2)C1CCN(S(=O)(=O)c2ccc(Cl)cc2)CC1. The van der Waals surface area contributed by atoms with Gasteiger partial charge in [0.1, 0.15) is 0 Å². The number of halogens is 1. The van der Waals surface area contributed by atoms with Gasteiger partial charge in [-0.15, -0.1) is 0 Å². The van der Waals surface area contributed by atoms with Crippen LogP contribution in [0.1, 0.15) is 38.5 Å². The predicted molar refractivity (Wildman–Crippen MR) is 100 cm³/mol. The Labute approximate surface area is 160 Å². The molecule has 1 heterocycles. The van der Waals surface area contributed by atoms with Crippen molar-refractivity contribution in [3.8, 4) is 0 Å². The summed E-state index contributed by atoms with van der Waals surface area (Å²) < 4.78 is 26.9. The van der Waals surface area contributed by atoms with E-state index in [1.807, 2.05) is 0 Å². The molecule has 4 rings (SSSR count). The molecule has 3 unspecified atom stereocenters. The van der Waals surface area contributed by atoms with Gasteiger partial charge < -0.3 is 5.32 Å². The topological polar surface area (TPSA) is 66.5 Å². The van der Waals surface area contributed by atoms with Crippen molar-refractivity contribution in [3.63, 3.8) is 0 Å². The minimum atomic E-state index is -3.51. The van der Waals surface area contributed by atoms with Crippen molar-refractivity contribution in [3.05, 3.63) is 29.3 Å². The molecule has 2 aliphatic carbocycles. The number of nitrogens with zero attached hydrogens (tertiary/aromatic N) is 1. The quantitative estimate of drug-likeness (QED) is 0.850. The summed E-state index contributed by atoms with van der Waals surface area (Å²) in [5, 5.41) is 3.76. The maximum atomic E-state index is 12.7. The molecule has 3 aliphatic rings. The first kappa shape index (κ1) is 18.3. The van der Waals surface area contributed by atoms with Crippen LogP contribution in [0.3, 0.4) is 0 Å². The van der Waals surface area contributed by atoms with Crippen molar-refractivity contribution in [1.82, 2.24) is 9.62 Å². The second-order valence-electron chi connectivity index (χ2n) is 7.92. The number of sulfonamides is 1. The summed E-state index contributed by atoms with van der Waals surface area (Å²) in [6.45, 7) is 0.777. The molecule has 26 heavy (non-hydrogen) atoms. The molecule has 1 aliphatic heterocycles. The van der Waals surface area contributed by atoms with Crippen molar-refractivity contribution in [2.75, 3.05) is 13.1 Å². The number of piperidine rings is 1. The van der Waals surface area contributed by atoms with Gasteiger partial charge in [-0.05, 0) is 68.2 Å². The van der Waals surface area contributed by atoms with Crippen LogP contribution in [0.25, 0.3) is 0 Å². The van der Waals surface area contributed by atoms with E-state index in [0.29, 0.717) is 42.9 Å². The van der Waals surface area contributed by atoms with Gasteiger partial charge in [0.15, 0.2) is 0 Å². The van der Waals surface area contributed by atoms with Crippen molar-refractivity contribution in [2.45, 2.75) is 49.5 Å². The lowest BCUT2D eigenvalue weighted by Gasteiger charge is -2.32. The van der Waals surface area contributed by atoms with Crippen LogP contribution in [0, 0.1) is 17.8 Å². The average molecular weight is 397 g/mol. The number of carbonyl (C=O) groups excluding carboxylic acids is 1. The molecule has 2 bridgehead atoms. The molecule has 142 valence electrons. The first-order chi connectivity index (χ1) is 12.4. The molecule has 5 nitrogen and oxygen atoms in total. The Balaban J connectivity index is 1.33. The van der Waals surface area contributed by atoms with Crippen LogP contribution < -0.4 is 5.32 Å². The summed E-state index contributed by atoms with van der Waals surface area (Å²) >= 11 is 5.84. The standard InChI is InChI=1S/C19H25ClN2O3S/c20-16-3-5-17(6-4-16)26(24,25)22-9-7-14(8-10-22)19(23)21-18-12-13-1-2-15(18)11-13/h3-6,13-15,18H,1-2,7-12H2,(H,21,23). The van der Waals surface area contributed by atoms with E-state index >= 15 is 0 Å². The largest absolute Gasteiger partial charge is 0.353 e. The van der Waals surface area contributed by atoms with Gasteiger partial charge in [0, 0.05) is 30.1 Å². The third kappa shape index (κ3) is 3.51. The third-order valence-corrected chi connectivity index (χ3v) is 8.51. The van der Waals surface area contributed by atoms with E-state index < -0.39 is 10.0 Å². The maximum absolute atomic E-state index is 12.7. The second-order valence-corrected chi connectivity index (χ2v) is 10.3. The number of amides is 1. The molecule has 3 atom stereocenters. The van der Waals surface area contributed by atoms with Crippen molar-refractivity contribution in [2.24, 2.45) is 17.8 Å². The van der Waals surface area contributed by atoms with Gasteiger partial charge in [-0.1, -0.05) is 18.0 Å². The summed E-state index contributed by atoms with van der Waals surface area (Å²) in [6.07, 6.45) is 6.12. The monoisotopic (exact) mass is 396 g/mol. The van der Waals surface area contributed by atoms with E-state index in [1.165, 1.54) is 35.7 Å². The van der Waals surface area contributed by atoms with Crippen LogP contribution in [0.2, 0.25) is 5.02 Å². The smallest absolute Gasteiger partial charge is 0.243 e. The highest BCUT2D eigenvalue weighted by molar-refractivity contribution is 7.89. The second kappa shape index (κ2) is 7.13. The molecular weight excluding hydrogens is 372 g/mol. The molecule has 0 radical (unpaired) electrons. The molecule has 1 aromatic carbocycles. The van der Waals surface area contributed by atoms with E-state index in [4.69, 9.17) is 11.6 Å². The number of carbonyl (C=O) groups is 1. The van der Waals surface area contributed by atoms with Crippen LogP contribution in [0.5, 0.6) is 0 Å². The fourth-order valence-corrected chi connectivity index (χ4v) is 6.43. The molecule has 1 amide bonds. The predicted octanol–water partition coefficient (Wildman–Crippen LogP) is 3.05. The Morgan fingerprint density at radius 1 is 1.04 bits per heavy atom. The highest BCUT2D eigenvalue weighted by Gasteiger charge is 2.41.